The minimum Gasteiger partial charge on any atom is -0.395 e. The van der Waals surface area contributed by atoms with Gasteiger partial charge in [-0.2, -0.15) is 0 Å². The van der Waals surface area contributed by atoms with Crippen LogP contribution in [0.15, 0.2) is 24.3 Å². The molecule has 0 aliphatic carbocycles. The van der Waals surface area contributed by atoms with E-state index in [9.17, 15) is 8.42 Å². The van der Waals surface area contributed by atoms with Gasteiger partial charge in [0.15, 0.2) is 0 Å². The van der Waals surface area contributed by atoms with E-state index in [1.807, 2.05) is 31.1 Å². The van der Waals surface area contributed by atoms with Crippen LogP contribution in [0.1, 0.15) is 6.92 Å². The van der Waals surface area contributed by atoms with Crippen molar-refractivity contribution in [1.82, 2.24) is 0 Å². The summed E-state index contributed by atoms with van der Waals surface area (Å²) in [5.41, 5.74) is 1.49. The highest BCUT2D eigenvalue weighted by atomic mass is 32.2. The maximum atomic E-state index is 11.7. The molecule has 0 aromatic heterocycles. The topological polar surface area (TPSA) is 69.6 Å². The van der Waals surface area contributed by atoms with E-state index < -0.39 is 21.9 Å². The average molecular weight is 258 g/mol. The normalized spacial score (nSPS) is 13.2. The fraction of sp³-hybridized carbons (Fsp3) is 0.455. The number of anilines is 2. The predicted octanol–water partition coefficient (Wildman–Crippen LogP) is 0.875. The van der Waals surface area contributed by atoms with Gasteiger partial charge in [-0.25, -0.2) is 8.42 Å². The molecule has 0 radical (unpaired) electrons. The minimum absolute atomic E-state index is 0.398. The summed E-state index contributed by atoms with van der Waals surface area (Å²) in [5, 5.41) is 8.02. The Morgan fingerprint density at radius 2 is 1.82 bits per heavy atom. The molecule has 1 aromatic rings. The molecule has 0 saturated heterocycles. The van der Waals surface area contributed by atoms with E-state index in [0.717, 1.165) is 5.69 Å². The first-order valence-corrected chi connectivity index (χ1v) is 6.81. The first kappa shape index (κ1) is 13.8. The molecule has 0 saturated carbocycles. The number of sulfonamides is 1. The van der Waals surface area contributed by atoms with Crippen molar-refractivity contribution >= 4 is 21.4 Å². The van der Waals surface area contributed by atoms with Crippen molar-refractivity contribution in [3.8, 4) is 0 Å². The Morgan fingerprint density at radius 3 is 2.24 bits per heavy atom. The summed E-state index contributed by atoms with van der Waals surface area (Å²) >= 11 is 0. The number of hydrogen-bond acceptors (Lipinski definition) is 4. The van der Waals surface area contributed by atoms with Gasteiger partial charge in [0, 0.05) is 25.5 Å². The molecule has 0 amide bonds. The van der Waals surface area contributed by atoms with Crippen LogP contribution >= 0.6 is 0 Å². The van der Waals surface area contributed by atoms with Gasteiger partial charge in [0.2, 0.25) is 10.0 Å². The summed E-state index contributed by atoms with van der Waals surface area (Å²) in [5.74, 6) is 0. The molecule has 6 heteroatoms. The third-order valence-electron chi connectivity index (χ3n) is 2.43. The Kier molecular flexibility index (Phi) is 4.36. The first-order valence-electron chi connectivity index (χ1n) is 5.26. The molecule has 0 bridgehead atoms. The zero-order valence-electron chi connectivity index (χ0n) is 10.2. The van der Waals surface area contributed by atoms with E-state index in [2.05, 4.69) is 4.72 Å². The van der Waals surface area contributed by atoms with Gasteiger partial charge in [0.25, 0.3) is 0 Å². The summed E-state index contributed by atoms with van der Waals surface area (Å²) in [6, 6.07) is 7.02. The van der Waals surface area contributed by atoms with Crippen molar-refractivity contribution in [3.63, 3.8) is 0 Å². The SMILES string of the molecule is CC(CO)S(=O)(=O)Nc1ccc(N(C)C)cc1. The molecule has 17 heavy (non-hydrogen) atoms. The lowest BCUT2D eigenvalue weighted by Gasteiger charge is -2.15. The van der Waals surface area contributed by atoms with Gasteiger partial charge in [-0.15, -0.1) is 0 Å². The fourth-order valence-corrected chi connectivity index (χ4v) is 2.05. The van der Waals surface area contributed by atoms with Crippen LogP contribution in [0.3, 0.4) is 0 Å². The van der Waals surface area contributed by atoms with Crippen molar-refractivity contribution < 1.29 is 13.5 Å². The van der Waals surface area contributed by atoms with Gasteiger partial charge < -0.3 is 10.0 Å². The zero-order chi connectivity index (χ0) is 13.1. The molecule has 1 unspecified atom stereocenters. The fourth-order valence-electron chi connectivity index (χ4n) is 1.19. The lowest BCUT2D eigenvalue weighted by Crippen LogP contribution is -2.28. The summed E-state index contributed by atoms with van der Waals surface area (Å²) in [7, 11) is 0.309. The standard InChI is InChI=1S/C11H18N2O3S/c1-9(8-14)17(15,16)12-10-4-6-11(7-5-10)13(2)3/h4-7,9,12,14H,8H2,1-3H3. The molecule has 0 fully saturated rings. The van der Waals surface area contributed by atoms with Crippen molar-refractivity contribution in [1.29, 1.82) is 0 Å². The van der Waals surface area contributed by atoms with E-state index >= 15 is 0 Å². The highest BCUT2D eigenvalue weighted by Crippen LogP contribution is 2.17. The number of aliphatic hydroxyl groups excluding tert-OH is 1. The van der Waals surface area contributed by atoms with E-state index in [1.165, 1.54) is 6.92 Å². The maximum absolute atomic E-state index is 11.7. The summed E-state index contributed by atoms with van der Waals surface area (Å²) in [6.45, 7) is 1.06. The molecule has 1 aromatic carbocycles. The van der Waals surface area contributed by atoms with E-state index in [-0.39, 0.29) is 0 Å². The quantitative estimate of drug-likeness (QED) is 0.822. The number of nitrogens with zero attached hydrogens (tertiary/aromatic N) is 1. The molecule has 1 atom stereocenters. The molecule has 0 spiro atoms. The van der Waals surface area contributed by atoms with Crippen LogP contribution in [0, 0.1) is 0 Å². The molecule has 96 valence electrons. The number of benzene rings is 1. The van der Waals surface area contributed by atoms with Gasteiger partial charge >= 0.3 is 0 Å². The summed E-state index contributed by atoms with van der Waals surface area (Å²) < 4.78 is 25.8. The maximum Gasteiger partial charge on any atom is 0.237 e. The van der Waals surface area contributed by atoms with Gasteiger partial charge in [-0.3, -0.25) is 4.72 Å². The molecule has 2 N–H and O–H groups in total. The Morgan fingerprint density at radius 1 is 1.29 bits per heavy atom. The van der Waals surface area contributed by atoms with Crippen LogP contribution in [0.25, 0.3) is 0 Å². The Labute approximate surface area is 102 Å². The van der Waals surface area contributed by atoms with E-state index in [0.29, 0.717) is 5.69 Å². The third kappa shape index (κ3) is 3.61. The van der Waals surface area contributed by atoms with Gasteiger partial charge in [0.05, 0.1) is 6.61 Å². The second-order valence-corrected chi connectivity index (χ2v) is 6.18. The Bertz CT molecular complexity index is 454. The van der Waals surface area contributed by atoms with Crippen molar-refractivity contribution in [2.24, 2.45) is 0 Å². The number of nitrogens with one attached hydrogen (secondary N) is 1. The molecule has 0 aliphatic rings. The second kappa shape index (κ2) is 5.37. The summed E-state index contributed by atoms with van der Waals surface area (Å²) in [6.07, 6.45) is 0. The smallest absolute Gasteiger partial charge is 0.237 e. The summed E-state index contributed by atoms with van der Waals surface area (Å²) in [4.78, 5) is 1.93. The average Bonchev–Trinajstić information content (AvgIpc) is 2.28. The van der Waals surface area contributed by atoms with Crippen LogP contribution in [0.5, 0.6) is 0 Å². The molecule has 0 aliphatic heterocycles. The molecule has 5 nitrogen and oxygen atoms in total. The molecular weight excluding hydrogens is 240 g/mol. The lowest BCUT2D eigenvalue weighted by atomic mass is 10.3. The predicted molar refractivity (Wildman–Crippen MR) is 69.9 cm³/mol. The van der Waals surface area contributed by atoms with Crippen LogP contribution in [0.4, 0.5) is 11.4 Å². The third-order valence-corrected chi connectivity index (χ3v) is 4.16. The first-order chi connectivity index (χ1) is 7.86. The van der Waals surface area contributed by atoms with E-state index in [1.54, 1.807) is 12.1 Å². The van der Waals surface area contributed by atoms with Crippen LogP contribution in [-0.2, 0) is 10.0 Å². The second-order valence-electron chi connectivity index (χ2n) is 4.08. The Hall–Kier alpha value is -1.27. The minimum atomic E-state index is -3.51. The Balaban J connectivity index is 2.83. The van der Waals surface area contributed by atoms with Crippen molar-refractivity contribution in [2.75, 3.05) is 30.3 Å². The molecular formula is C11H18N2O3S. The van der Waals surface area contributed by atoms with Crippen LogP contribution in [-0.4, -0.2) is 39.5 Å². The molecule has 1 rings (SSSR count). The number of rotatable bonds is 5. The molecule has 0 heterocycles. The monoisotopic (exact) mass is 258 g/mol. The van der Waals surface area contributed by atoms with Crippen molar-refractivity contribution in [2.45, 2.75) is 12.2 Å². The number of hydrogen-bond donors (Lipinski definition) is 2. The van der Waals surface area contributed by atoms with Gasteiger partial charge in [-0.05, 0) is 31.2 Å². The highest BCUT2D eigenvalue weighted by molar-refractivity contribution is 7.93. The van der Waals surface area contributed by atoms with Gasteiger partial charge in [-0.1, -0.05) is 0 Å². The highest BCUT2D eigenvalue weighted by Gasteiger charge is 2.19. The van der Waals surface area contributed by atoms with Crippen LogP contribution < -0.4 is 9.62 Å². The zero-order valence-corrected chi connectivity index (χ0v) is 11.0. The number of aliphatic hydroxyl groups is 1. The van der Waals surface area contributed by atoms with Gasteiger partial charge in [0.1, 0.15) is 5.25 Å². The van der Waals surface area contributed by atoms with Crippen LogP contribution in [0.2, 0.25) is 0 Å². The largest absolute Gasteiger partial charge is 0.395 e. The van der Waals surface area contributed by atoms with Crippen molar-refractivity contribution in [3.05, 3.63) is 24.3 Å². The van der Waals surface area contributed by atoms with E-state index in [4.69, 9.17) is 5.11 Å². The lowest BCUT2D eigenvalue weighted by molar-refractivity contribution is 0.296.